The van der Waals surface area contributed by atoms with Crippen LogP contribution in [0.5, 0.6) is 11.5 Å². The Morgan fingerprint density at radius 1 is 1.17 bits per heavy atom. The highest BCUT2D eigenvalue weighted by Gasteiger charge is 2.49. The highest BCUT2D eigenvalue weighted by Crippen LogP contribution is 2.50. The monoisotopic (exact) mass is 402 g/mol. The molecule has 1 amide bonds. The quantitative estimate of drug-likeness (QED) is 0.792. The van der Waals surface area contributed by atoms with Crippen LogP contribution < -0.4 is 4.74 Å². The molecule has 160 valence electrons. The summed E-state index contributed by atoms with van der Waals surface area (Å²) >= 11 is 0. The van der Waals surface area contributed by atoms with Gasteiger partial charge >= 0.3 is 0 Å². The number of aromatic hydroxyl groups is 1. The van der Waals surface area contributed by atoms with Crippen LogP contribution >= 0.6 is 0 Å². The summed E-state index contributed by atoms with van der Waals surface area (Å²) in [5, 5.41) is 21.6. The fourth-order valence-electron chi connectivity index (χ4n) is 5.59. The Labute approximate surface area is 173 Å². The third-order valence-electron chi connectivity index (χ3n) is 7.09. The van der Waals surface area contributed by atoms with Gasteiger partial charge in [-0.2, -0.15) is 0 Å². The van der Waals surface area contributed by atoms with Crippen LogP contribution in [0.4, 0.5) is 0 Å². The van der Waals surface area contributed by atoms with E-state index in [4.69, 9.17) is 4.74 Å². The van der Waals surface area contributed by atoms with Gasteiger partial charge in [-0.15, -0.1) is 0 Å². The highest BCUT2D eigenvalue weighted by molar-refractivity contribution is 5.78. The molecule has 0 radical (unpaired) electrons. The number of fused-ring (bicyclic) bond motifs is 1. The van der Waals surface area contributed by atoms with Crippen LogP contribution in [0, 0.1) is 5.92 Å². The first-order chi connectivity index (χ1) is 14.0. The van der Waals surface area contributed by atoms with Crippen molar-refractivity contribution in [1.82, 2.24) is 9.80 Å². The number of phenolic OH excluding ortho intramolecular Hbond substituents is 1. The lowest BCUT2D eigenvalue weighted by molar-refractivity contribution is -0.144. The summed E-state index contributed by atoms with van der Waals surface area (Å²) in [5.74, 6) is 0.888. The predicted molar refractivity (Wildman–Crippen MR) is 111 cm³/mol. The summed E-state index contributed by atoms with van der Waals surface area (Å²) in [6.07, 6.45) is 6.86. The molecule has 0 bridgehead atoms. The van der Waals surface area contributed by atoms with Gasteiger partial charge in [0.15, 0.2) is 11.5 Å². The van der Waals surface area contributed by atoms with Crippen LogP contribution in [0.1, 0.15) is 63.5 Å². The number of hydrogen-bond acceptors (Lipinski definition) is 5. The number of likely N-dealkylation sites (tertiary alicyclic amines) is 2. The molecule has 3 fully saturated rings. The Balaban J connectivity index is 1.65. The van der Waals surface area contributed by atoms with E-state index in [0.29, 0.717) is 25.4 Å². The number of amides is 1. The predicted octanol–water partition coefficient (Wildman–Crippen LogP) is 3.08. The maximum atomic E-state index is 12.9. The average Bonchev–Trinajstić information content (AvgIpc) is 3.25. The zero-order chi connectivity index (χ0) is 20.4. The maximum Gasteiger partial charge on any atom is 0.236 e. The molecule has 3 unspecified atom stereocenters. The second kappa shape index (κ2) is 8.52. The van der Waals surface area contributed by atoms with Gasteiger partial charge in [-0.25, -0.2) is 0 Å². The minimum absolute atomic E-state index is 0.0413. The highest BCUT2D eigenvalue weighted by atomic mass is 16.5. The molecule has 2 heterocycles. The van der Waals surface area contributed by atoms with Crippen LogP contribution in [0.15, 0.2) is 18.2 Å². The van der Waals surface area contributed by atoms with Gasteiger partial charge in [-0.05, 0) is 56.7 Å². The number of nitrogens with zero attached hydrogens (tertiary/aromatic N) is 2. The molecule has 0 aromatic heterocycles. The molecular formula is C23H34N2O4. The second-order valence-corrected chi connectivity index (χ2v) is 8.87. The molecule has 1 saturated carbocycles. The lowest BCUT2D eigenvalue weighted by Crippen LogP contribution is -2.56. The minimum Gasteiger partial charge on any atom is -0.504 e. The molecule has 2 N–H and O–H groups in total. The summed E-state index contributed by atoms with van der Waals surface area (Å²) < 4.78 is 5.62. The molecule has 1 aliphatic carbocycles. The topological polar surface area (TPSA) is 73.2 Å². The van der Waals surface area contributed by atoms with Gasteiger partial charge in [0.25, 0.3) is 0 Å². The smallest absolute Gasteiger partial charge is 0.236 e. The number of phenols is 1. The van der Waals surface area contributed by atoms with Gasteiger partial charge in [-0.3, -0.25) is 9.69 Å². The van der Waals surface area contributed by atoms with Crippen molar-refractivity contribution in [3.8, 4) is 11.5 Å². The summed E-state index contributed by atoms with van der Waals surface area (Å²) in [7, 11) is 0. The molecule has 29 heavy (non-hydrogen) atoms. The summed E-state index contributed by atoms with van der Waals surface area (Å²) in [6, 6.07) is 5.46. The minimum atomic E-state index is -0.667. The summed E-state index contributed by atoms with van der Waals surface area (Å²) in [5.41, 5.74) is 0.352. The van der Waals surface area contributed by atoms with Gasteiger partial charge in [-0.1, -0.05) is 18.9 Å². The van der Waals surface area contributed by atoms with Crippen molar-refractivity contribution in [2.75, 3.05) is 32.8 Å². The first-order valence-corrected chi connectivity index (χ1v) is 11.2. The van der Waals surface area contributed by atoms with E-state index >= 15 is 0 Å². The third kappa shape index (κ3) is 4.10. The van der Waals surface area contributed by atoms with Crippen molar-refractivity contribution >= 4 is 5.91 Å². The van der Waals surface area contributed by atoms with E-state index < -0.39 is 5.60 Å². The van der Waals surface area contributed by atoms with Crippen molar-refractivity contribution in [1.29, 1.82) is 0 Å². The number of aliphatic hydroxyl groups is 1. The van der Waals surface area contributed by atoms with Crippen LogP contribution in [-0.2, 0) is 4.79 Å². The molecule has 6 heteroatoms. The number of carbonyl (C=O) groups excluding carboxylic acids is 1. The lowest BCUT2D eigenvalue weighted by Gasteiger charge is -2.52. The molecule has 1 aromatic carbocycles. The Bertz CT molecular complexity index is 734. The first-order valence-electron chi connectivity index (χ1n) is 11.2. The molecule has 3 atom stereocenters. The van der Waals surface area contributed by atoms with Crippen LogP contribution in [0.2, 0.25) is 0 Å². The number of rotatable bonds is 5. The lowest BCUT2D eigenvalue weighted by atomic mass is 9.66. The third-order valence-corrected chi connectivity index (χ3v) is 7.09. The first kappa shape index (κ1) is 20.5. The number of piperidine rings is 1. The van der Waals surface area contributed by atoms with Crippen LogP contribution in [0.25, 0.3) is 0 Å². The molecule has 2 saturated heterocycles. The zero-order valence-corrected chi connectivity index (χ0v) is 17.5. The van der Waals surface area contributed by atoms with E-state index in [2.05, 4.69) is 4.90 Å². The number of carbonyl (C=O) groups is 1. The Hall–Kier alpha value is -1.79. The molecule has 6 nitrogen and oxygen atoms in total. The van der Waals surface area contributed by atoms with Gasteiger partial charge in [0.2, 0.25) is 5.91 Å². The van der Waals surface area contributed by atoms with Gasteiger partial charge in [0.05, 0.1) is 18.8 Å². The van der Waals surface area contributed by atoms with E-state index in [-0.39, 0.29) is 23.6 Å². The molecule has 3 aliphatic rings. The van der Waals surface area contributed by atoms with Crippen molar-refractivity contribution in [2.45, 2.75) is 63.5 Å². The SMILES string of the molecule is CCOc1cc(C2C3CCCCC3(O)CCN2CC(=O)N2CCCC2)ccc1O. The number of hydrogen-bond donors (Lipinski definition) is 2. The van der Waals surface area contributed by atoms with Gasteiger partial charge in [0, 0.05) is 31.6 Å². The van der Waals surface area contributed by atoms with Crippen molar-refractivity contribution < 1.29 is 19.7 Å². The van der Waals surface area contributed by atoms with E-state index in [9.17, 15) is 15.0 Å². The van der Waals surface area contributed by atoms with Crippen molar-refractivity contribution in [3.63, 3.8) is 0 Å². The fourth-order valence-corrected chi connectivity index (χ4v) is 5.59. The molecule has 1 aromatic rings. The number of ether oxygens (including phenoxy) is 1. The van der Waals surface area contributed by atoms with E-state index in [1.807, 2.05) is 24.0 Å². The molecule has 0 spiro atoms. The van der Waals surface area contributed by atoms with Crippen LogP contribution in [-0.4, -0.2) is 64.3 Å². The van der Waals surface area contributed by atoms with E-state index in [1.54, 1.807) is 6.07 Å². The van der Waals surface area contributed by atoms with E-state index in [0.717, 1.165) is 63.6 Å². The van der Waals surface area contributed by atoms with Gasteiger partial charge < -0.3 is 19.8 Å². The average molecular weight is 403 g/mol. The largest absolute Gasteiger partial charge is 0.504 e. The van der Waals surface area contributed by atoms with Crippen molar-refractivity contribution in [2.24, 2.45) is 5.92 Å². The van der Waals surface area contributed by atoms with Gasteiger partial charge in [0.1, 0.15) is 0 Å². The Morgan fingerprint density at radius 3 is 2.72 bits per heavy atom. The fraction of sp³-hybridized carbons (Fsp3) is 0.696. The molecular weight excluding hydrogens is 368 g/mol. The standard InChI is InChI=1S/C23H34N2O4/c1-2-29-20-15-17(8-9-19(20)26)22-18-7-3-4-10-23(18,28)11-14-25(22)16-21(27)24-12-5-6-13-24/h8-9,15,18,22,26,28H,2-7,10-14,16H2,1H3. The number of benzene rings is 1. The van der Waals surface area contributed by atoms with E-state index in [1.165, 1.54) is 0 Å². The maximum absolute atomic E-state index is 12.9. The van der Waals surface area contributed by atoms with Crippen molar-refractivity contribution in [3.05, 3.63) is 23.8 Å². The summed E-state index contributed by atoms with van der Waals surface area (Å²) in [6.45, 7) is 5.20. The second-order valence-electron chi connectivity index (χ2n) is 8.87. The Morgan fingerprint density at radius 2 is 1.97 bits per heavy atom. The normalized spacial score (nSPS) is 30.2. The summed E-state index contributed by atoms with van der Waals surface area (Å²) in [4.78, 5) is 17.1. The molecule has 2 aliphatic heterocycles. The zero-order valence-electron chi connectivity index (χ0n) is 17.5. The Kier molecular flexibility index (Phi) is 6.02. The molecule has 4 rings (SSSR count). The van der Waals surface area contributed by atoms with Crippen LogP contribution in [0.3, 0.4) is 0 Å².